The van der Waals surface area contributed by atoms with E-state index in [9.17, 15) is 4.79 Å². The van der Waals surface area contributed by atoms with Crippen molar-refractivity contribution in [3.63, 3.8) is 0 Å². The molecule has 1 aromatic carbocycles. The van der Waals surface area contributed by atoms with Crippen LogP contribution in [-0.4, -0.2) is 17.6 Å². The molecule has 0 radical (unpaired) electrons. The number of ether oxygens (including phenoxy) is 1. The number of rotatable bonds is 6. The van der Waals surface area contributed by atoms with Crippen LogP contribution in [0.5, 0.6) is 0 Å². The summed E-state index contributed by atoms with van der Waals surface area (Å²) in [5.74, 6) is -0.261. The van der Waals surface area contributed by atoms with Crippen molar-refractivity contribution >= 4 is 5.97 Å². The molecule has 20 heavy (non-hydrogen) atoms. The summed E-state index contributed by atoms with van der Waals surface area (Å²) in [6.45, 7) is 2.74. The number of esters is 1. The lowest BCUT2D eigenvalue weighted by Gasteiger charge is -2.17. The van der Waals surface area contributed by atoms with E-state index in [1.54, 1.807) is 19.3 Å². The van der Waals surface area contributed by atoms with Crippen molar-refractivity contribution in [3.8, 4) is 0 Å². The monoisotopic (exact) mass is 270 g/mol. The Bertz CT molecular complexity index is 529. The first-order chi connectivity index (χ1) is 9.81. The zero-order valence-electron chi connectivity index (χ0n) is 11.5. The SMILES string of the molecule is CCOC(=O)[C@H](NCc1cccnc1)c1ccccc1. The van der Waals surface area contributed by atoms with E-state index >= 15 is 0 Å². The zero-order chi connectivity index (χ0) is 14.2. The van der Waals surface area contributed by atoms with E-state index in [0.717, 1.165) is 11.1 Å². The predicted octanol–water partition coefficient (Wildman–Crippen LogP) is 2.48. The minimum atomic E-state index is -0.462. The summed E-state index contributed by atoms with van der Waals surface area (Å²) < 4.78 is 5.13. The van der Waals surface area contributed by atoms with Crippen molar-refractivity contribution in [1.82, 2.24) is 10.3 Å². The molecule has 4 heteroatoms. The van der Waals surface area contributed by atoms with Crippen LogP contribution in [0.4, 0.5) is 0 Å². The summed E-state index contributed by atoms with van der Waals surface area (Å²) in [6.07, 6.45) is 3.50. The number of aromatic nitrogens is 1. The molecule has 0 spiro atoms. The molecule has 0 fully saturated rings. The van der Waals surface area contributed by atoms with Gasteiger partial charge in [-0.05, 0) is 24.1 Å². The van der Waals surface area contributed by atoms with Crippen molar-refractivity contribution < 1.29 is 9.53 Å². The highest BCUT2D eigenvalue weighted by atomic mass is 16.5. The normalized spacial score (nSPS) is 11.8. The summed E-state index contributed by atoms with van der Waals surface area (Å²) in [5.41, 5.74) is 1.92. The van der Waals surface area contributed by atoms with Gasteiger partial charge in [0.1, 0.15) is 6.04 Å². The van der Waals surface area contributed by atoms with E-state index in [4.69, 9.17) is 4.74 Å². The maximum absolute atomic E-state index is 12.1. The number of carbonyl (C=O) groups is 1. The second kappa shape index (κ2) is 7.40. The van der Waals surface area contributed by atoms with E-state index in [1.165, 1.54) is 0 Å². The average Bonchev–Trinajstić information content (AvgIpc) is 2.50. The third-order valence-electron chi connectivity index (χ3n) is 2.89. The lowest BCUT2D eigenvalue weighted by Crippen LogP contribution is -2.30. The molecule has 4 nitrogen and oxygen atoms in total. The van der Waals surface area contributed by atoms with Crippen LogP contribution < -0.4 is 5.32 Å². The average molecular weight is 270 g/mol. The Labute approximate surface area is 118 Å². The fourth-order valence-corrected chi connectivity index (χ4v) is 1.93. The summed E-state index contributed by atoms with van der Waals surface area (Å²) in [4.78, 5) is 16.1. The van der Waals surface area contributed by atoms with Crippen LogP contribution >= 0.6 is 0 Å². The maximum Gasteiger partial charge on any atom is 0.327 e. The Morgan fingerprint density at radius 2 is 2.05 bits per heavy atom. The molecule has 2 aromatic rings. The van der Waals surface area contributed by atoms with Crippen molar-refractivity contribution in [2.75, 3.05) is 6.61 Å². The Balaban J connectivity index is 2.09. The highest BCUT2D eigenvalue weighted by Gasteiger charge is 2.20. The van der Waals surface area contributed by atoms with Gasteiger partial charge in [-0.1, -0.05) is 36.4 Å². The van der Waals surface area contributed by atoms with E-state index in [0.29, 0.717) is 13.2 Å². The highest BCUT2D eigenvalue weighted by molar-refractivity contribution is 5.77. The molecule has 2 rings (SSSR count). The van der Waals surface area contributed by atoms with Gasteiger partial charge < -0.3 is 4.74 Å². The van der Waals surface area contributed by atoms with E-state index < -0.39 is 6.04 Å². The summed E-state index contributed by atoms with van der Waals surface area (Å²) in [7, 11) is 0. The third-order valence-corrected chi connectivity index (χ3v) is 2.89. The lowest BCUT2D eigenvalue weighted by molar-refractivity contribution is -0.145. The topological polar surface area (TPSA) is 51.2 Å². The van der Waals surface area contributed by atoms with Crippen LogP contribution in [0.15, 0.2) is 54.9 Å². The number of carbonyl (C=O) groups excluding carboxylic acids is 1. The molecular formula is C16H18N2O2. The first-order valence-corrected chi connectivity index (χ1v) is 6.65. The van der Waals surface area contributed by atoms with Crippen molar-refractivity contribution in [2.24, 2.45) is 0 Å². The Hall–Kier alpha value is -2.20. The van der Waals surface area contributed by atoms with Crippen LogP contribution in [-0.2, 0) is 16.1 Å². The fraction of sp³-hybridized carbons (Fsp3) is 0.250. The molecule has 0 aliphatic carbocycles. The molecule has 0 saturated heterocycles. The molecule has 1 atom stereocenters. The summed E-state index contributed by atoms with van der Waals surface area (Å²) >= 11 is 0. The second-order valence-electron chi connectivity index (χ2n) is 4.34. The lowest BCUT2D eigenvalue weighted by atomic mass is 10.1. The Morgan fingerprint density at radius 1 is 1.25 bits per heavy atom. The Kier molecular flexibility index (Phi) is 5.26. The molecule has 0 amide bonds. The second-order valence-corrected chi connectivity index (χ2v) is 4.34. The number of hydrogen-bond donors (Lipinski definition) is 1. The van der Waals surface area contributed by atoms with Gasteiger partial charge in [-0.3, -0.25) is 10.3 Å². The van der Waals surface area contributed by atoms with Crippen LogP contribution in [0.3, 0.4) is 0 Å². The van der Waals surface area contributed by atoms with Crippen molar-refractivity contribution in [2.45, 2.75) is 19.5 Å². The quantitative estimate of drug-likeness (QED) is 0.819. The number of nitrogens with one attached hydrogen (secondary N) is 1. The van der Waals surface area contributed by atoms with Gasteiger partial charge in [-0.15, -0.1) is 0 Å². The Morgan fingerprint density at radius 3 is 2.70 bits per heavy atom. The highest BCUT2D eigenvalue weighted by Crippen LogP contribution is 2.15. The van der Waals surface area contributed by atoms with Crippen LogP contribution in [0.25, 0.3) is 0 Å². The van der Waals surface area contributed by atoms with E-state index in [1.807, 2.05) is 42.5 Å². The van der Waals surface area contributed by atoms with Gasteiger partial charge in [-0.2, -0.15) is 0 Å². The summed E-state index contributed by atoms with van der Waals surface area (Å²) in [5, 5.41) is 3.22. The molecule has 1 N–H and O–H groups in total. The van der Waals surface area contributed by atoms with Gasteiger partial charge in [0.2, 0.25) is 0 Å². The van der Waals surface area contributed by atoms with Crippen molar-refractivity contribution in [3.05, 3.63) is 66.0 Å². The molecule has 1 heterocycles. The minimum Gasteiger partial charge on any atom is -0.465 e. The molecule has 0 saturated carbocycles. The molecule has 0 bridgehead atoms. The number of benzene rings is 1. The van der Waals surface area contributed by atoms with E-state index in [-0.39, 0.29) is 5.97 Å². The largest absolute Gasteiger partial charge is 0.465 e. The maximum atomic E-state index is 12.1. The van der Waals surface area contributed by atoms with Crippen molar-refractivity contribution in [1.29, 1.82) is 0 Å². The van der Waals surface area contributed by atoms with Gasteiger partial charge >= 0.3 is 5.97 Å². The summed E-state index contributed by atoms with van der Waals surface area (Å²) in [6, 6.07) is 13.0. The van der Waals surface area contributed by atoms with Crippen LogP contribution in [0, 0.1) is 0 Å². The van der Waals surface area contributed by atoms with Gasteiger partial charge in [0.05, 0.1) is 6.61 Å². The van der Waals surface area contributed by atoms with Gasteiger partial charge in [0.15, 0.2) is 0 Å². The molecule has 0 unspecified atom stereocenters. The van der Waals surface area contributed by atoms with Gasteiger partial charge in [0.25, 0.3) is 0 Å². The van der Waals surface area contributed by atoms with Crippen LogP contribution in [0.1, 0.15) is 24.1 Å². The van der Waals surface area contributed by atoms with Crippen LogP contribution in [0.2, 0.25) is 0 Å². The molecule has 1 aromatic heterocycles. The first-order valence-electron chi connectivity index (χ1n) is 6.65. The standard InChI is InChI=1S/C16H18N2O2/c1-2-20-16(19)15(14-8-4-3-5-9-14)18-12-13-7-6-10-17-11-13/h3-11,15,18H,2,12H2,1H3/t15-/m1/s1. The molecule has 0 aliphatic heterocycles. The molecular weight excluding hydrogens is 252 g/mol. The predicted molar refractivity (Wildman–Crippen MR) is 76.9 cm³/mol. The smallest absolute Gasteiger partial charge is 0.327 e. The van der Waals surface area contributed by atoms with Gasteiger partial charge in [0, 0.05) is 18.9 Å². The number of nitrogens with zero attached hydrogens (tertiary/aromatic N) is 1. The van der Waals surface area contributed by atoms with Gasteiger partial charge in [-0.25, -0.2) is 4.79 Å². The van der Waals surface area contributed by atoms with E-state index in [2.05, 4.69) is 10.3 Å². The molecule has 0 aliphatic rings. The fourth-order valence-electron chi connectivity index (χ4n) is 1.93. The zero-order valence-corrected chi connectivity index (χ0v) is 11.5. The number of hydrogen-bond acceptors (Lipinski definition) is 4. The molecule has 104 valence electrons. The number of pyridine rings is 1. The minimum absolute atomic E-state index is 0.261. The third kappa shape index (κ3) is 3.90. The first kappa shape index (κ1) is 14.2.